The number of hydrogen-bond acceptors (Lipinski definition) is 3. The van der Waals surface area contributed by atoms with Crippen LogP contribution in [0.5, 0.6) is 0 Å². The molecule has 0 aliphatic heterocycles. The molecule has 0 radical (unpaired) electrons. The number of benzene rings is 3. The molecule has 3 aromatic carbocycles. The first kappa shape index (κ1) is 19.9. The molecule has 1 N–H and O–H groups in total. The second-order valence-corrected chi connectivity index (χ2v) is 7.81. The smallest absolute Gasteiger partial charge is 0.328 e. The normalized spacial score (nSPS) is 13.3. The molecule has 4 rings (SSSR count). The molecule has 1 amide bonds. The number of hydrogen-bond donors (Lipinski definition) is 1. The molecule has 4 heteroatoms. The highest BCUT2D eigenvalue weighted by Crippen LogP contribution is 2.44. The van der Waals surface area contributed by atoms with E-state index < -0.39 is 17.9 Å². The predicted octanol–water partition coefficient (Wildman–Crippen LogP) is 4.32. The maximum Gasteiger partial charge on any atom is 0.328 e. The van der Waals surface area contributed by atoms with Crippen molar-refractivity contribution in [2.75, 3.05) is 7.11 Å². The molecule has 0 unspecified atom stereocenters. The molecular formula is C26H25NO3. The third kappa shape index (κ3) is 3.61. The minimum absolute atomic E-state index is 0.188. The molecule has 152 valence electrons. The summed E-state index contributed by atoms with van der Waals surface area (Å²) < 4.78 is 4.99. The van der Waals surface area contributed by atoms with Crippen molar-refractivity contribution >= 4 is 11.9 Å². The number of esters is 1. The largest absolute Gasteiger partial charge is 0.467 e. The highest BCUT2D eigenvalue weighted by molar-refractivity contribution is 5.97. The molecule has 0 heterocycles. The molecule has 4 nitrogen and oxygen atoms in total. The van der Waals surface area contributed by atoms with E-state index in [2.05, 4.69) is 11.4 Å². The van der Waals surface area contributed by atoms with Gasteiger partial charge >= 0.3 is 5.97 Å². The van der Waals surface area contributed by atoms with E-state index in [1.807, 2.05) is 74.5 Å². The zero-order valence-electron chi connectivity index (χ0n) is 17.4. The third-order valence-corrected chi connectivity index (χ3v) is 5.91. The fourth-order valence-corrected chi connectivity index (χ4v) is 4.19. The van der Waals surface area contributed by atoms with Gasteiger partial charge in [-0.05, 0) is 52.8 Å². The van der Waals surface area contributed by atoms with Gasteiger partial charge in [0.1, 0.15) is 6.04 Å². The van der Waals surface area contributed by atoms with E-state index in [4.69, 9.17) is 4.74 Å². The van der Waals surface area contributed by atoms with E-state index in [-0.39, 0.29) is 5.91 Å². The molecule has 0 bridgehead atoms. The molecule has 0 fully saturated rings. The summed E-state index contributed by atoms with van der Waals surface area (Å²) in [5.74, 6) is -1.07. The van der Waals surface area contributed by atoms with Gasteiger partial charge in [0, 0.05) is 6.42 Å². The van der Waals surface area contributed by atoms with Crippen molar-refractivity contribution in [3.63, 3.8) is 0 Å². The van der Waals surface area contributed by atoms with Gasteiger partial charge in [-0.3, -0.25) is 4.79 Å². The van der Waals surface area contributed by atoms with Gasteiger partial charge < -0.3 is 10.1 Å². The summed E-state index contributed by atoms with van der Waals surface area (Å²) in [6.07, 6.45) is 0.384. The van der Waals surface area contributed by atoms with E-state index in [1.165, 1.54) is 12.7 Å². The van der Waals surface area contributed by atoms with Crippen molar-refractivity contribution in [2.24, 2.45) is 0 Å². The van der Waals surface area contributed by atoms with Crippen LogP contribution in [-0.2, 0) is 20.7 Å². The van der Waals surface area contributed by atoms with Crippen molar-refractivity contribution in [1.29, 1.82) is 0 Å². The lowest BCUT2D eigenvalue weighted by Crippen LogP contribution is -2.45. The van der Waals surface area contributed by atoms with Crippen LogP contribution >= 0.6 is 0 Å². The van der Waals surface area contributed by atoms with Crippen molar-refractivity contribution in [3.05, 3.63) is 94.5 Å². The second-order valence-electron chi connectivity index (χ2n) is 7.81. The van der Waals surface area contributed by atoms with Crippen LogP contribution in [0.2, 0.25) is 0 Å². The Bertz CT molecular complexity index is 1070. The number of fused-ring (bicyclic) bond motifs is 3. The zero-order chi connectivity index (χ0) is 21.3. The van der Waals surface area contributed by atoms with E-state index in [0.717, 1.165) is 33.4 Å². The summed E-state index contributed by atoms with van der Waals surface area (Å²) in [5, 5.41) is 2.96. The van der Waals surface area contributed by atoms with Gasteiger partial charge in [0.25, 0.3) is 0 Å². The van der Waals surface area contributed by atoms with Gasteiger partial charge in [-0.1, -0.05) is 66.7 Å². The molecule has 0 saturated heterocycles. The first-order valence-corrected chi connectivity index (χ1v) is 10.1. The highest BCUT2D eigenvalue weighted by Gasteiger charge is 2.35. The van der Waals surface area contributed by atoms with Crippen LogP contribution in [0.15, 0.2) is 66.7 Å². The molecule has 0 saturated carbocycles. The molecule has 1 atom stereocenters. The van der Waals surface area contributed by atoms with Crippen LogP contribution in [0.25, 0.3) is 11.1 Å². The van der Waals surface area contributed by atoms with Gasteiger partial charge in [-0.2, -0.15) is 0 Å². The Morgan fingerprint density at radius 1 is 0.900 bits per heavy atom. The number of amides is 1. The number of nitrogens with one attached hydrogen (secondary N) is 1. The Labute approximate surface area is 176 Å². The second kappa shape index (κ2) is 8.15. The molecule has 0 aromatic heterocycles. The van der Waals surface area contributed by atoms with Gasteiger partial charge in [0.15, 0.2) is 0 Å². The van der Waals surface area contributed by atoms with Crippen LogP contribution < -0.4 is 5.32 Å². The van der Waals surface area contributed by atoms with E-state index in [0.29, 0.717) is 6.42 Å². The average molecular weight is 399 g/mol. The van der Waals surface area contributed by atoms with Crippen molar-refractivity contribution < 1.29 is 14.3 Å². The number of rotatable bonds is 5. The Morgan fingerprint density at radius 2 is 1.50 bits per heavy atom. The predicted molar refractivity (Wildman–Crippen MR) is 117 cm³/mol. The summed E-state index contributed by atoms with van der Waals surface area (Å²) in [7, 11) is 1.35. The maximum absolute atomic E-state index is 13.4. The van der Waals surface area contributed by atoms with E-state index in [9.17, 15) is 9.59 Å². The zero-order valence-corrected chi connectivity index (χ0v) is 17.4. The topological polar surface area (TPSA) is 55.4 Å². The van der Waals surface area contributed by atoms with Crippen LogP contribution in [0.1, 0.15) is 33.7 Å². The summed E-state index contributed by atoms with van der Waals surface area (Å²) in [6.45, 7) is 4.09. The minimum Gasteiger partial charge on any atom is -0.467 e. The van der Waals surface area contributed by atoms with Gasteiger partial charge in [-0.15, -0.1) is 0 Å². The van der Waals surface area contributed by atoms with Crippen molar-refractivity contribution in [1.82, 2.24) is 5.32 Å². The molecule has 0 spiro atoms. The average Bonchev–Trinajstić information content (AvgIpc) is 3.10. The Kier molecular flexibility index (Phi) is 5.40. The van der Waals surface area contributed by atoms with Crippen molar-refractivity contribution in [3.8, 4) is 11.1 Å². The number of methoxy groups -OCH3 is 1. The van der Waals surface area contributed by atoms with Gasteiger partial charge in [-0.25, -0.2) is 4.79 Å². The lowest BCUT2D eigenvalue weighted by atomic mass is 9.95. The summed E-state index contributed by atoms with van der Waals surface area (Å²) in [6, 6.07) is 21.2. The van der Waals surface area contributed by atoms with Gasteiger partial charge in [0.2, 0.25) is 5.91 Å². The van der Waals surface area contributed by atoms with Crippen LogP contribution in [0.3, 0.4) is 0 Å². The maximum atomic E-state index is 13.4. The van der Waals surface area contributed by atoms with Gasteiger partial charge in [0.05, 0.1) is 13.0 Å². The number of aryl methyl sites for hydroxylation is 2. The highest BCUT2D eigenvalue weighted by atomic mass is 16.5. The Hall–Kier alpha value is -3.40. The summed E-state index contributed by atoms with van der Waals surface area (Å²) in [5.41, 5.74) is 7.39. The Balaban J connectivity index is 1.63. The standard InChI is InChI=1S/C26H25NO3/c1-16-12-13-18(14-17(16)2)15-23(26(29)30-3)27-25(28)24-21-10-6-4-8-19(21)20-9-5-7-11-22(20)24/h4-14,23-24H,15H2,1-3H3,(H,27,28)/t23-/m1/s1. The van der Waals surface area contributed by atoms with E-state index >= 15 is 0 Å². The lowest BCUT2D eigenvalue weighted by Gasteiger charge is -2.20. The van der Waals surface area contributed by atoms with Crippen LogP contribution in [-0.4, -0.2) is 25.0 Å². The summed E-state index contributed by atoms with van der Waals surface area (Å²) in [4.78, 5) is 25.9. The number of ether oxygens (including phenoxy) is 1. The molecule has 3 aromatic rings. The molecule has 1 aliphatic carbocycles. The minimum atomic E-state index is -0.746. The summed E-state index contributed by atoms with van der Waals surface area (Å²) >= 11 is 0. The monoisotopic (exact) mass is 399 g/mol. The molecular weight excluding hydrogens is 374 g/mol. The number of carbonyl (C=O) groups excluding carboxylic acids is 2. The molecule has 1 aliphatic rings. The number of carbonyl (C=O) groups is 2. The molecule has 30 heavy (non-hydrogen) atoms. The fourth-order valence-electron chi connectivity index (χ4n) is 4.19. The Morgan fingerprint density at radius 3 is 2.07 bits per heavy atom. The van der Waals surface area contributed by atoms with Crippen LogP contribution in [0, 0.1) is 13.8 Å². The third-order valence-electron chi connectivity index (χ3n) is 5.91. The first-order chi connectivity index (χ1) is 14.5. The van der Waals surface area contributed by atoms with Crippen molar-refractivity contribution in [2.45, 2.75) is 32.2 Å². The quantitative estimate of drug-likeness (QED) is 0.650. The fraction of sp³-hybridized carbons (Fsp3) is 0.231. The van der Waals surface area contributed by atoms with E-state index in [1.54, 1.807) is 0 Å². The first-order valence-electron chi connectivity index (χ1n) is 10.1. The SMILES string of the molecule is COC(=O)[C@@H](Cc1ccc(C)c(C)c1)NC(=O)C1c2ccccc2-c2ccccc21. The lowest BCUT2D eigenvalue weighted by molar-refractivity contribution is -0.145. The van der Waals surface area contributed by atoms with Crippen LogP contribution in [0.4, 0.5) is 0 Å².